The summed E-state index contributed by atoms with van der Waals surface area (Å²) in [5, 5.41) is 11.7. The van der Waals surface area contributed by atoms with Gasteiger partial charge in [0.25, 0.3) is 0 Å². The molecule has 0 radical (unpaired) electrons. The van der Waals surface area contributed by atoms with Crippen LogP contribution >= 0.6 is 22.9 Å². The molecule has 2 aromatic rings. The van der Waals surface area contributed by atoms with E-state index in [4.69, 9.17) is 30.2 Å². The van der Waals surface area contributed by atoms with Crippen LogP contribution < -0.4 is 4.74 Å². The minimum absolute atomic E-state index is 0.00556. The zero-order valence-corrected chi connectivity index (χ0v) is 27.2. The first-order valence-corrected chi connectivity index (χ1v) is 17.9. The highest BCUT2D eigenvalue weighted by molar-refractivity contribution is 7.13. The third kappa shape index (κ3) is 8.79. The fourth-order valence-electron chi connectivity index (χ4n) is 4.88. The summed E-state index contributed by atoms with van der Waals surface area (Å²) >= 11 is 7.78. The van der Waals surface area contributed by atoms with Crippen LogP contribution in [0.5, 0.6) is 5.75 Å². The molecule has 0 unspecified atom stereocenters. The first-order chi connectivity index (χ1) is 18.7. The molecule has 1 heterocycles. The van der Waals surface area contributed by atoms with Gasteiger partial charge in [0.05, 0.1) is 25.9 Å². The topological polar surface area (TPSA) is 91.3 Å². The number of aliphatic hydroxyl groups excluding tert-OH is 1. The summed E-state index contributed by atoms with van der Waals surface area (Å²) in [7, 11) is -0.706. The van der Waals surface area contributed by atoms with Gasteiger partial charge < -0.3 is 23.7 Å². The van der Waals surface area contributed by atoms with E-state index in [1.54, 1.807) is 18.2 Å². The van der Waals surface area contributed by atoms with Gasteiger partial charge in [0.1, 0.15) is 17.2 Å². The van der Waals surface area contributed by atoms with Crippen molar-refractivity contribution in [3.8, 4) is 5.75 Å². The van der Waals surface area contributed by atoms with Crippen molar-refractivity contribution >= 4 is 43.2 Å². The molecule has 4 atom stereocenters. The molecule has 1 N–H and O–H groups in total. The number of halogens is 1. The standard InChI is InChI=1S/C30H43ClO7SSi/c1-19(32)36-17-20-13-21(31)15-22(14-20)37-18-25-24(10-8-9-23-11-12-28(39-23)29(34)35-5)26(33)16-27(25)38-40(6,7)30(2,3)4/h11-15,24-27,33H,8-10,16-18H2,1-7H3/t24-,25-,26+,27-/m1/s1. The highest BCUT2D eigenvalue weighted by Gasteiger charge is 2.48. The van der Waals surface area contributed by atoms with Crippen LogP contribution in [0.2, 0.25) is 23.2 Å². The maximum Gasteiger partial charge on any atom is 0.348 e. The maximum absolute atomic E-state index is 11.8. The van der Waals surface area contributed by atoms with E-state index in [0.29, 0.717) is 28.7 Å². The minimum Gasteiger partial charge on any atom is -0.493 e. The summed E-state index contributed by atoms with van der Waals surface area (Å²) in [6.45, 7) is 13.0. The number of esters is 2. The molecule has 7 nitrogen and oxygen atoms in total. The van der Waals surface area contributed by atoms with E-state index < -0.39 is 14.4 Å². The van der Waals surface area contributed by atoms with Gasteiger partial charge in [-0.2, -0.15) is 0 Å². The zero-order chi connectivity index (χ0) is 29.7. The number of rotatable bonds is 12. The number of aryl methyl sites for hydroxylation is 1. The largest absolute Gasteiger partial charge is 0.493 e. The average molecular weight is 611 g/mol. The van der Waals surface area contributed by atoms with Crippen LogP contribution in [0.1, 0.15) is 67.1 Å². The second-order valence-electron chi connectivity index (χ2n) is 12.1. The van der Waals surface area contributed by atoms with Crippen molar-refractivity contribution in [2.45, 2.75) is 90.3 Å². The van der Waals surface area contributed by atoms with E-state index in [1.165, 1.54) is 25.4 Å². The molecular formula is C30H43ClO7SSi. The number of hydrogen-bond acceptors (Lipinski definition) is 8. The Bertz CT molecular complexity index is 1160. The molecule has 1 aliphatic carbocycles. The van der Waals surface area contributed by atoms with Gasteiger partial charge in [-0.25, -0.2) is 4.79 Å². The third-order valence-electron chi connectivity index (χ3n) is 8.07. The lowest BCUT2D eigenvalue weighted by atomic mass is 9.89. The van der Waals surface area contributed by atoms with Crippen molar-refractivity contribution in [1.29, 1.82) is 0 Å². The normalized spacial score (nSPS) is 21.3. The Labute approximate surface area is 248 Å². The van der Waals surface area contributed by atoms with Crippen LogP contribution in [0.4, 0.5) is 0 Å². The van der Waals surface area contributed by atoms with Crippen LogP contribution in [-0.2, 0) is 31.7 Å². The zero-order valence-electron chi connectivity index (χ0n) is 24.6. The van der Waals surface area contributed by atoms with E-state index >= 15 is 0 Å². The lowest BCUT2D eigenvalue weighted by molar-refractivity contribution is -0.142. The average Bonchev–Trinajstić information content (AvgIpc) is 3.44. The Morgan fingerprint density at radius 2 is 1.88 bits per heavy atom. The summed E-state index contributed by atoms with van der Waals surface area (Å²) < 4.78 is 23.1. The predicted molar refractivity (Wildman–Crippen MR) is 161 cm³/mol. The van der Waals surface area contributed by atoms with E-state index in [2.05, 4.69) is 33.9 Å². The van der Waals surface area contributed by atoms with Crippen LogP contribution in [-0.4, -0.2) is 51.3 Å². The fourth-order valence-corrected chi connectivity index (χ4v) is 7.47. The summed E-state index contributed by atoms with van der Waals surface area (Å²) in [6, 6.07) is 9.10. The van der Waals surface area contributed by atoms with Crippen molar-refractivity contribution in [3.63, 3.8) is 0 Å². The van der Waals surface area contributed by atoms with Gasteiger partial charge in [0, 0.05) is 22.7 Å². The van der Waals surface area contributed by atoms with Crippen LogP contribution in [0.15, 0.2) is 30.3 Å². The number of ether oxygens (including phenoxy) is 3. The number of benzene rings is 1. The number of carbonyl (C=O) groups is 2. The van der Waals surface area contributed by atoms with E-state index in [9.17, 15) is 14.7 Å². The van der Waals surface area contributed by atoms with Gasteiger partial charge in [0.2, 0.25) is 0 Å². The van der Waals surface area contributed by atoms with Crippen molar-refractivity contribution in [3.05, 3.63) is 50.7 Å². The number of thiophene rings is 1. The smallest absolute Gasteiger partial charge is 0.348 e. The van der Waals surface area contributed by atoms with Gasteiger partial charge in [0.15, 0.2) is 8.32 Å². The molecule has 0 bridgehead atoms. The Morgan fingerprint density at radius 3 is 2.52 bits per heavy atom. The SMILES string of the molecule is COC(=O)c1ccc(CCC[C@@H]2[C@@H](COc3cc(Cl)cc(COC(C)=O)c3)[C@H](O[Si](C)(C)C(C)(C)C)C[C@@H]2O)s1. The van der Waals surface area contributed by atoms with Gasteiger partial charge in [-0.1, -0.05) is 32.4 Å². The quantitative estimate of drug-likeness (QED) is 0.203. The van der Waals surface area contributed by atoms with Crippen LogP contribution in [0, 0.1) is 11.8 Å². The first-order valence-electron chi connectivity index (χ1n) is 13.8. The maximum atomic E-state index is 11.8. The van der Waals surface area contributed by atoms with E-state index in [1.807, 2.05) is 12.1 Å². The number of aliphatic hydroxyl groups is 1. The number of hydrogen-bond donors (Lipinski definition) is 1. The van der Waals surface area contributed by atoms with Crippen LogP contribution in [0.3, 0.4) is 0 Å². The molecule has 1 aromatic carbocycles. The van der Waals surface area contributed by atoms with Gasteiger partial charge in [-0.15, -0.1) is 11.3 Å². The number of methoxy groups -OCH3 is 1. The predicted octanol–water partition coefficient (Wildman–Crippen LogP) is 7.04. The lowest BCUT2D eigenvalue weighted by Gasteiger charge is -2.40. The van der Waals surface area contributed by atoms with Gasteiger partial charge in [-0.05, 0) is 85.6 Å². The molecule has 1 fully saturated rings. The molecule has 40 heavy (non-hydrogen) atoms. The molecule has 1 saturated carbocycles. The molecule has 222 valence electrons. The second-order valence-corrected chi connectivity index (χ2v) is 18.4. The number of carbonyl (C=O) groups excluding carboxylic acids is 2. The Hall–Kier alpha value is -1.91. The highest BCUT2D eigenvalue weighted by atomic mass is 35.5. The van der Waals surface area contributed by atoms with Crippen molar-refractivity contribution in [1.82, 2.24) is 0 Å². The summed E-state index contributed by atoms with van der Waals surface area (Å²) in [5.74, 6) is -0.0828. The monoisotopic (exact) mass is 610 g/mol. The molecule has 0 spiro atoms. The molecule has 0 aliphatic heterocycles. The molecular weight excluding hydrogens is 568 g/mol. The van der Waals surface area contributed by atoms with Gasteiger partial charge in [-0.3, -0.25) is 4.79 Å². The van der Waals surface area contributed by atoms with Gasteiger partial charge >= 0.3 is 11.9 Å². The molecule has 1 aromatic heterocycles. The molecule has 0 saturated heterocycles. The van der Waals surface area contributed by atoms with Crippen LogP contribution in [0.25, 0.3) is 0 Å². The summed E-state index contributed by atoms with van der Waals surface area (Å²) in [6.07, 6.45) is 2.47. The minimum atomic E-state index is -2.09. The van der Waals surface area contributed by atoms with Crippen molar-refractivity contribution in [2.75, 3.05) is 13.7 Å². The Kier molecular flexibility index (Phi) is 11.3. The lowest BCUT2D eigenvalue weighted by Crippen LogP contribution is -2.46. The Morgan fingerprint density at radius 1 is 1.15 bits per heavy atom. The van der Waals surface area contributed by atoms with E-state index in [-0.39, 0.29) is 41.5 Å². The second kappa shape index (κ2) is 13.8. The third-order valence-corrected chi connectivity index (χ3v) is 13.9. The van der Waals surface area contributed by atoms with E-state index in [0.717, 1.165) is 29.7 Å². The fraction of sp³-hybridized carbons (Fsp3) is 0.600. The molecule has 0 amide bonds. The first kappa shape index (κ1) is 32.6. The Balaban J connectivity index is 1.74. The summed E-state index contributed by atoms with van der Waals surface area (Å²) in [4.78, 5) is 24.8. The molecule has 3 rings (SSSR count). The van der Waals surface area contributed by atoms with Crippen molar-refractivity contribution < 1.29 is 33.3 Å². The molecule has 10 heteroatoms. The highest BCUT2D eigenvalue weighted by Crippen LogP contribution is 2.44. The molecule has 1 aliphatic rings. The summed E-state index contributed by atoms with van der Waals surface area (Å²) in [5.41, 5.74) is 0.747. The van der Waals surface area contributed by atoms with Crippen molar-refractivity contribution in [2.24, 2.45) is 11.8 Å².